The number of nitrogens with one attached hydrogen (secondary N) is 2. The van der Waals surface area contributed by atoms with Gasteiger partial charge in [0.1, 0.15) is 12.6 Å². The van der Waals surface area contributed by atoms with E-state index in [4.69, 9.17) is 0 Å². The molecular weight excluding hydrogens is 352 g/mol. The molecule has 2 N–H and O–H groups in total. The van der Waals surface area contributed by atoms with Crippen LogP contribution in [0.1, 0.15) is 17.0 Å². The molecule has 2 atom stereocenters. The summed E-state index contributed by atoms with van der Waals surface area (Å²) in [5, 5.41) is 4.66. The van der Waals surface area contributed by atoms with Gasteiger partial charge in [-0.05, 0) is 23.3 Å². The standard InChI is InChI=1S/C18H14F4N2O2/c19-7-9-2-1-3-10(6-9)11-8-23-17(25)14(11)18(26)24-13-5-4-12(20)15(21)16(13)22/h1-6,11,14H,7-8H2,(H,23,25)(H,24,26). The molecule has 1 fully saturated rings. The van der Waals surface area contributed by atoms with E-state index in [2.05, 4.69) is 10.6 Å². The molecule has 1 aliphatic heterocycles. The smallest absolute Gasteiger partial charge is 0.237 e. The molecule has 2 unspecified atom stereocenters. The summed E-state index contributed by atoms with van der Waals surface area (Å²) in [6.45, 7) is -0.550. The molecule has 0 aromatic heterocycles. The largest absolute Gasteiger partial charge is 0.355 e. The van der Waals surface area contributed by atoms with E-state index in [9.17, 15) is 27.2 Å². The molecule has 4 nitrogen and oxygen atoms in total. The van der Waals surface area contributed by atoms with E-state index in [-0.39, 0.29) is 6.54 Å². The average Bonchev–Trinajstić information content (AvgIpc) is 3.04. The van der Waals surface area contributed by atoms with E-state index >= 15 is 0 Å². The Labute approximate surface area is 146 Å². The second-order valence-electron chi connectivity index (χ2n) is 5.92. The summed E-state index contributed by atoms with van der Waals surface area (Å²) < 4.78 is 52.9. The summed E-state index contributed by atoms with van der Waals surface area (Å²) in [6.07, 6.45) is 0. The Morgan fingerprint density at radius 3 is 2.65 bits per heavy atom. The zero-order chi connectivity index (χ0) is 18.8. The van der Waals surface area contributed by atoms with Gasteiger partial charge in [-0.25, -0.2) is 17.6 Å². The van der Waals surface area contributed by atoms with Crippen molar-refractivity contribution in [2.75, 3.05) is 11.9 Å². The van der Waals surface area contributed by atoms with Crippen molar-refractivity contribution in [3.8, 4) is 0 Å². The first kappa shape index (κ1) is 17.9. The summed E-state index contributed by atoms with van der Waals surface area (Å²) in [4.78, 5) is 24.6. The number of carbonyl (C=O) groups is 2. The molecule has 0 saturated carbocycles. The minimum Gasteiger partial charge on any atom is -0.355 e. The molecule has 8 heteroatoms. The number of rotatable bonds is 4. The molecule has 1 heterocycles. The first-order valence-electron chi connectivity index (χ1n) is 7.79. The van der Waals surface area contributed by atoms with Crippen LogP contribution < -0.4 is 10.6 Å². The van der Waals surface area contributed by atoms with Gasteiger partial charge in [-0.15, -0.1) is 0 Å². The van der Waals surface area contributed by atoms with E-state index in [1.807, 2.05) is 0 Å². The van der Waals surface area contributed by atoms with E-state index in [0.717, 1.165) is 6.07 Å². The Morgan fingerprint density at radius 2 is 1.92 bits per heavy atom. The van der Waals surface area contributed by atoms with E-state index in [0.29, 0.717) is 17.2 Å². The van der Waals surface area contributed by atoms with Crippen LogP contribution in [0.5, 0.6) is 0 Å². The molecule has 0 aliphatic carbocycles. The summed E-state index contributed by atoms with van der Waals surface area (Å²) in [5.74, 6) is -7.90. The topological polar surface area (TPSA) is 58.2 Å². The highest BCUT2D eigenvalue weighted by molar-refractivity contribution is 6.08. The maximum Gasteiger partial charge on any atom is 0.237 e. The molecule has 0 radical (unpaired) electrons. The summed E-state index contributed by atoms with van der Waals surface area (Å²) in [5.41, 5.74) is 0.405. The van der Waals surface area contributed by atoms with Crippen LogP contribution in [-0.4, -0.2) is 18.4 Å². The number of carbonyl (C=O) groups excluding carboxylic acids is 2. The summed E-state index contributed by atoms with van der Waals surface area (Å²) >= 11 is 0. The third kappa shape index (κ3) is 3.26. The molecule has 0 spiro atoms. The lowest BCUT2D eigenvalue weighted by Gasteiger charge is -2.18. The van der Waals surface area contributed by atoms with Gasteiger partial charge in [0, 0.05) is 12.5 Å². The van der Waals surface area contributed by atoms with Crippen LogP contribution in [0.3, 0.4) is 0 Å². The van der Waals surface area contributed by atoms with Crippen molar-refractivity contribution in [1.82, 2.24) is 5.32 Å². The fourth-order valence-corrected chi connectivity index (χ4v) is 2.97. The molecule has 1 aliphatic rings. The van der Waals surface area contributed by atoms with E-state index < -0.39 is 53.5 Å². The molecular formula is C18H14F4N2O2. The van der Waals surface area contributed by atoms with Crippen LogP contribution in [-0.2, 0) is 16.3 Å². The third-order valence-electron chi connectivity index (χ3n) is 4.29. The lowest BCUT2D eigenvalue weighted by Crippen LogP contribution is -2.32. The lowest BCUT2D eigenvalue weighted by atomic mass is 9.87. The molecule has 2 aromatic rings. The second-order valence-corrected chi connectivity index (χ2v) is 5.92. The Balaban J connectivity index is 1.87. The van der Waals surface area contributed by atoms with Gasteiger partial charge in [-0.3, -0.25) is 9.59 Å². The third-order valence-corrected chi connectivity index (χ3v) is 4.29. The van der Waals surface area contributed by atoms with E-state index in [1.165, 1.54) is 0 Å². The maximum absolute atomic E-state index is 13.8. The number of amides is 2. The number of benzene rings is 2. The van der Waals surface area contributed by atoms with Gasteiger partial charge in [0.15, 0.2) is 17.5 Å². The van der Waals surface area contributed by atoms with Gasteiger partial charge < -0.3 is 10.6 Å². The Bertz CT molecular complexity index is 872. The van der Waals surface area contributed by atoms with Gasteiger partial charge in [0.2, 0.25) is 11.8 Å². The van der Waals surface area contributed by atoms with Gasteiger partial charge in [0.25, 0.3) is 0 Å². The number of halogens is 4. The van der Waals surface area contributed by atoms with Crippen LogP contribution in [0.15, 0.2) is 36.4 Å². The SMILES string of the molecule is O=C1NCC(c2cccc(CF)c2)C1C(=O)Nc1ccc(F)c(F)c1F. The van der Waals surface area contributed by atoms with Gasteiger partial charge in [0.05, 0.1) is 5.69 Å². The molecule has 136 valence electrons. The molecule has 1 saturated heterocycles. The Morgan fingerprint density at radius 1 is 1.15 bits per heavy atom. The molecule has 26 heavy (non-hydrogen) atoms. The second kappa shape index (κ2) is 7.15. The van der Waals surface area contributed by atoms with Crippen molar-refractivity contribution in [3.05, 3.63) is 65.0 Å². The predicted octanol–water partition coefficient (Wildman–Crippen LogP) is 3.04. The number of alkyl halides is 1. The lowest BCUT2D eigenvalue weighted by molar-refractivity contribution is -0.130. The quantitative estimate of drug-likeness (QED) is 0.496. The Kier molecular flexibility index (Phi) is 4.92. The van der Waals surface area contributed by atoms with Gasteiger partial charge >= 0.3 is 0 Å². The minimum atomic E-state index is -1.72. The van der Waals surface area contributed by atoms with E-state index in [1.54, 1.807) is 24.3 Å². The fraction of sp³-hybridized carbons (Fsp3) is 0.222. The van der Waals surface area contributed by atoms with Crippen molar-refractivity contribution < 1.29 is 27.2 Å². The fourth-order valence-electron chi connectivity index (χ4n) is 2.97. The number of hydrogen-bond acceptors (Lipinski definition) is 2. The molecule has 2 aromatic carbocycles. The van der Waals surface area contributed by atoms with Crippen LogP contribution >= 0.6 is 0 Å². The minimum absolute atomic E-state index is 0.146. The van der Waals surface area contributed by atoms with Crippen molar-refractivity contribution >= 4 is 17.5 Å². The highest BCUT2D eigenvalue weighted by Gasteiger charge is 2.41. The molecule has 2 amide bonds. The first-order valence-corrected chi connectivity index (χ1v) is 7.79. The van der Waals surface area contributed by atoms with Crippen LogP contribution in [0.4, 0.5) is 23.2 Å². The monoisotopic (exact) mass is 366 g/mol. The van der Waals surface area contributed by atoms with Crippen molar-refractivity contribution in [3.63, 3.8) is 0 Å². The summed E-state index contributed by atoms with van der Waals surface area (Å²) in [6, 6.07) is 7.92. The number of anilines is 1. The van der Waals surface area contributed by atoms with Crippen LogP contribution in [0, 0.1) is 23.4 Å². The summed E-state index contributed by atoms with van der Waals surface area (Å²) in [7, 11) is 0. The van der Waals surface area contributed by atoms with Gasteiger partial charge in [-0.1, -0.05) is 24.3 Å². The van der Waals surface area contributed by atoms with Crippen molar-refractivity contribution in [2.45, 2.75) is 12.6 Å². The zero-order valence-electron chi connectivity index (χ0n) is 13.4. The predicted molar refractivity (Wildman–Crippen MR) is 85.4 cm³/mol. The van der Waals surface area contributed by atoms with Crippen molar-refractivity contribution in [1.29, 1.82) is 0 Å². The first-order chi connectivity index (χ1) is 12.4. The average molecular weight is 366 g/mol. The van der Waals surface area contributed by atoms with Gasteiger partial charge in [-0.2, -0.15) is 0 Å². The van der Waals surface area contributed by atoms with Crippen LogP contribution in [0.25, 0.3) is 0 Å². The van der Waals surface area contributed by atoms with Crippen molar-refractivity contribution in [2.24, 2.45) is 5.92 Å². The number of hydrogen-bond donors (Lipinski definition) is 2. The highest BCUT2D eigenvalue weighted by Crippen LogP contribution is 2.31. The zero-order valence-corrected chi connectivity index (χ0v) is 13.4. The normalized spacial score (nSPS) is 19.3. The Hall–Kier alpha value is -2.90. The highest BCUT2D eigenvalue weighted by atomic mass is 19.2. The molecule has 3 rings (SSSR count). The van der Waals surface area contributed by atoms with Crippen LogP contribution in [0.2, 0.25) is 0 Å². The molecule has 0 bridgehead atoms. The maximum atomic E-state index is 13.8.